The van der Waals surface area contributed by atoms with Crippen molar-refractivity contribution in [3.05, 3.63) is 46.2 Å². The molecule has 2 aromatic rings. The number of nitrogens with two attached hydrogens (primary N) is 1. The Morgan fingerprint density at radius 3 is 2.38 bits per heavy atom. The normalized spacial score (nSPS) is 13.0. The number of hydrogen-bond acceptors (Lipinski definition) is 4. The van der Waals surface area contributed by atoms with E-state index in [1.54, 1.807) is 23.6 Å². The molecule has 1 heterocycles. The van der Waals surface area contributed by atoms with E-state index in [1.807, 2.05) is 0 Å². The molecule has 2 N–H and O–H groups in total. The van der Waals surface area contributed by atoms with E-state index in [0.29, 0.717) is 10.4 Å². The maximum absolute atomic E-state index is 12.5. The zero-order valence-corrected chi connectivity index (χ0v) is 11.8. The van der Waals surface area contributed by atoms with Crippen LogP contribution in [0.25, 0.3) is 11.1 Å². The number of esters is 1. The minimum atomic E-state index is -4.47. The van der Waals surface area contributed by atoms with Crippen LogP contribution in [0, 0.1) is 0 Å². The van der Waals surface area contributed by atoms with Gasteiger partial charge in [0.2, 0.25) is 0 Å². The Labute approximate surface area is 123 Å². The third-order valence-electron chi connectivity index (χ3n) is 2.94. The summed E-state index contributed by atoms with van der Waals surface area (Å²) in [5.41, 5.74) is 6.58. The first-order valence-electron chi connectivity index (χ1n) is 5.92. The van der Waals surface area contributed by atoms with Crippen molar-refractivity contribution < 1.29 is 22.7 Å². The van der Waals surface area contributed by atoms with Gasteiger partial charge in [-0.25, -0.2) is 4.79 Å². The third-order valence-corrected chi connectivity index (χ3v) is 3.85. The Balaban J connectivity index is 2.23. The predicted molar refractivity (Wildman–Crippen MR) is 74.1 cm³/mol. The fraction of sp³-hybridized carbons (Fsp3) is 0.214. The van der Waals surface area contributed by atoms with Gasteiger partial charge in [-0.2, -0.15) is 13.2 Å². The van der Waals surface area contributed by atoms with Crippen molar-refractivity contribution in [2.75, 3.05) is 7.11 Å². The van der Waals surface area contributed by atoms with Crippen LogP contribution in [0.4, 0.5) is 13.2 Å². The summed E-state index contributed by atoms with van der Waals surface area (Å²) >= 11 is 1.21. The van der Waals surface area contributed by atoms with Crippen LogP contribution >= 0.6 is 11.3 Å². The van der Waals surface area contributed by atoms with Crippen molar-refractivity contribution in [1.82, 2.24) is 0 Å². The Morgan fingerprint density at radius 1 is 1.24 bits per heavy atom. The standard InChI is InChI=1S/C14H12F3NO2S/c1-20-13(19)11-6-10(7-21-11)8-2-4-9(5-3-8)12(18)14(15,16)17/h2-7,12H,18H2,1H3/t12-/m1/s1. The molecular formula is C14H12F3NO2S. The van der Waals surface area contributed by atoms with E-state index < -0.39 is 18.2 Å². The molecule has 0 spiro atoms. The molecule has 0 radical (unpaired) electrons. The maximum atomic E-state index is 12.5. The number of carbonyl (C=O) groups excluding carboxylic acids is 1. The fourth-order valence-corrected chi connectivity index (χ4v) is 2.60. The third kappa shape index (κ3) is 3.43. The van der Waals surface area contributed by atoms with Crippen LogP contribution in [0.2, 0.25) is 0 Å². The van der Waals surface area contributed by atoms with Crippen molar-refractivity contribution in [3.8, 4) is 11.1 Å². The number of carbonyl (C=O) groups is 1. The molecule has 0 bridgehead atoms. The number of benzene rings is 1. The molecule has 0 aliphatic rings. The van der Waals surface area contributed by atoms with Crippen molar-refractivity contribution in [2.45, 2.75) is 12.2 Å². The molecule has 21 heavy (non-hydrogen) atoms. The van der Waals surface area contributed by atoms with Crippen molar-refractivity contribution >= 4 is 17.3 Å². The monoisotopic (exact) mass is 315 g/mol. The predicted octanol–water partition coefficient (Wildman–Crippen LogP) is 3.76. The fourth-order valence-electron chi connectivity index (χ4n) is 1.77. The maximum Gasteiger partial charge on any atom is 0.407 e. The molecule has 112 valence electrons. The molecule has 2 rings (SSSR count). The Hall–Kier alpha value is -1.86. The number of hydrogen-bond donors (Lipinski definition) is 1. The average Bonchev–Trinajstić information content (AvgIpc) is 2.94. The van der Waals surface area contributed by atoms with Crippen LogP contribution in [0.5, 0.6) is 0 Å². The summed E-state index contributed by atoms with van der Waals surface area (Å²) in [7, 11) is 1.29. The average molecular weight is 315 g/mol. The van der Waals surface area contributed by atoms with E-state index in [4.69, 9.17) is 5.73 Å². The van der Waals surface area contributed by atoms with E-state index in [9.17, 15) is 18.0 Å². The number of thiophene rings is 1. The molecule has 0 unspecified atom stereocenters. The molecule has 0 fully saturated rings. The van der Waals surface area contributed by atoms with E-state index in [2.05, 4.69) is 4.74 Å². The Morgan fingerprint density at radius 2 is 1.86 bits per heavy atom. The second kappa shape index (κ2) is 5.87. The number of methoxy groups -OCH3 is 1. The van der Waals surface area contributed by atoms with Gasteiger partial charge in [-0.15, -0.1) is 11.3 Å². The highest BCUT2D eigenvalue weighted by atomic mass is 32.1. The second-order valence-corrected chi connectivity index (χ2v) is 5.24. The van der Waals surface area contributed by atoms with Crippen molar-refractivity contribution in [1.29, 1.82) is 0 Å². The highest BCUT2D eigenvalue weighted by Gasteiger charge is 2.37. The van der Waals surface area contributed by atoms with Gasteiger partial charge < -0.3 is 10.5 Å². The molecule has 1 aromatic carbocycles. The summed E-state index contributed by atoms with van der Waals surface area (Å²) < 4.78 is 42.1. The van der Waals surface area contributed by atoms with Gasteiger partial charge in [0.1, 0.15) is 10.9 Å². The lowest BCUT2D eigenvalue weighted by molar-refractivity contribution is -0.149. The minimum absolute atomic E-state index is 0.00493. The molecule has 0 aliphatic heterocycles. The van der Waals surface area contributed by atoms with Gasteiger partial charge in [0, 0.05) is 0 Å². The molecule has 3 nitrogen and oxygen atoms in total. The summed E-state index contributed by atoms with van der Waals surface area (Å²) in [4.78, 5) is 11.8. The zero-order chi connectivity index (χ0) is 15.6. The van der Waals surface area contributed by atoms with Crippen LogP contribution in [0.15, 0.2) is 35.7 Å². The summed E-state index contributed by atoms with van der Waals surface area (Å²) in [5, 5.41) is 1.74. The zero-order valence-electron chi connectivity index (χ0n) is 11.0. The summed E-state index contributed by atoms with van der Waals surface area (Å²) in [6, 6.07) is 5.40. The lowest BCUT2D eigenvalue weighted by atomic mass is 10.0. The smallest absolute Gasteiger partial charge is 0.407 e. The number of halogens is 3. The van der Waals surface area contributed by atoms with Gasteiger partial charge in [0.25, 0.3) is 0 Å². The molecular weight excluding hydrogens is 303 g/mol. The van der Waals surface area contributed by atoms with Crippen LogP contribution < -0.4 is 5.73 Å². The number of alkyl halides is 3. The first kappa shape index (κ1) is 15.5. The van der Waals surface area contributed by atoms with Crippen LogP contribution in [-0.2, 0) is 4.74 Å². The topological polar surface area (TPSA) is 52.3 Å². The molecule has 0 amide bonds. The lowest BCUT2D eigenvalue weighted by Crippen LogP contribution is -2.28. The van der Waals surface area contributed by atoms with E-state index in [-0.39, 0.29) is 5.56 Å². The van der Waals surface area contributed by atoms with Gasteiger partial charge in [-0.1, -0.05) is 24.3 Å². The molecule has 0 saturated heterocycles. The first-order valence-corrected chi connectivity index (χ1v) is 6.80. The molecule has 0 aliphatic carbocycles. The number of ether oxygens (including phenoxy) is 1. The highest BCUT2D eigenvalue weighted by Crippen LogP contribution is 2.32. The van der Waals surface area contributed by atoms with Gasteiger partial charge in [0.05, 0.1) is 7.11 Å². The second-order valence-electron chi connectivity index (χ2n) is 4.33. The Kier molecular flexibility index (Phi) is 4.34. The van der Waals surface area contributed by atoms with Gasteiger partial charge >= 0.3 is 12.1 Å². The van der Waals surface area contributed by atoms with Crippen molar-refractivity contribution in [3.63, 3.8) is 0 Å². The molecule has 1 aromatic heterocycles. The summed E-state index contributed by atoms with van der Waals surface area (Å²) in [6.07, 6.45) is -4.47. The van der Waals surface area contributed by atoms with E-state index in [0.717, 1.165) is 5.56 Å². The van der Waals surface area contributed by atoms with Gasteiger partial charge in [-0.05, 0) is 28.1 Å². The minimum Gasteiger partial charge on any atom is -0.465 e. The van der Waals surface area contributed by atoms with E-state index >= 15 is 0 Å². The largest absolute Gasteiger partial charge is 0.465 e. The molecule has 0 saturated carbocycles. The van der Waals surface area contributed by atoms with E-state index in [1.165, 1.54) is 30.6 Å². The first-order chi connectivity index (χ1) is 9.82. The molecule has 7 heteroatoms. The number of rotatable bonds is 3. The summed E-state index contributed by atoms with van der Waals surface area (Å²) in [5.74, 6) is -0.443. The molecule has 1 atom stereocenters. The van der Waals surface area contributed by atoms with Crippen LogP contribution in [0.1, 0.15) is 21.3 Å². The van der Waals surface area contributed by atoms with Crippen molar-refractivity contribution in [2.24, 2.45) is 5.73 Å². The Bertz CT molecular complexity index is 634. The lowest BCUT2D eigenvalue weighted by Gasteiger charge is -2.15. The quantitative estimate of drug-likeness (QED) is 0.877. The highest BCUT2D eigenvalue weighted by molar-refractivity contribution is 7.12. The van der Waals surface area contributed by atoms with Gasteiger partial charge in [-0.3, -0.25) is 0 Å². The van der Waals surface area contributed by atoms with Crippen LogP contribution in [-0.4, -0.2) is 19.3 Å². The summed E-state index contributed by atoms with van der Waals surface area (Å²) in [6.45, 7) is 0. The van der Waals surface area contributed by atoms with Gasteiger partial charge in [0.15, 0.2) is 0 Å². The SMILES string of the molecule is COC(=O)c1cc(-c2ccc([C@@H](N)C(F)(F)F)cc2)cs1. The van der Waals surface area contributed by atoms with Crippen LogP contribution in [0.3, 0.4) is 0 Å².